The number of ether oxygens (including phenoxy) is 1. The molecule has 0 unspecified atom stereocenters. The Labute approximate surface area is 175 Å². The zero-order valence-electron chi connectivity index (χ0n) is 16.7. The fourth-order valence-electron chi connectivity index (χ4n) is 3.76. The highest BCUT2D eigenvalue weighted by Gasteiger charge is 2.28. The van der Waals surface area contributed by atoms with Crippen LogP contribution in [0.3, 0.4) is 0 Å². The number of amides is 1. The molecule has 0 spiro atoms. The predicted molar refractivity (Wildman–Crippen MR) is 116 cm³/mol. The zero-order valence-corrected chi connectivity index (χ0v) is 16.7. The molecular formula is C26H22FNO2. The molecule has 1 aliphatic rings. The molecule has 0 radical (unpaired) electrons. The molecule has 0 saturated heterocycles. The molecule has 3 aromatic carbocycles. The van der Waals surface area contributed by atoms with Crippen LogP contribution in [0.4, 0.5) is 9.18 Å². The first kappa shape index (κ1) is 19.7. The SMILES string of the molecule is Cc1cc(C#CCCNC(=O)OCC2c3ccccc3-c3ccccc32)ccc1F. The van der Waals surface area contributed by atoms with Crippen molar-refractivity contribution in [2.45, 2.75) is 19.3 Å². The number of alkyl carbamates (subject to hydrolysis) is 1. The van der Waals surface area contributed by atoms with E-state index in [1.165, 1.54) is 28.3 Å². The first-order chi connectivity index (χ1) is 14.6. The second kappa shape index (κ2) is 8.84. The van der Waals surface area contributed by atoms with Crippen molar-refractivity contribution in [3.8, 4) is 23.0 Å². The van der Waals surface area contributed by atoms with Crippen LogP contribution < -0.4 is 5.32 Å². The minimum Gasteiger partial charge on any atom is -0.449 e. The molecule has 1 amide bonds. The Morgan fingerprint density at radius 1 is 1.03 bits per heavy atom. The Kier molecular flexibility index (Phi) is 5.81. The van der Waals surface area contributed by atoms with Gasteiger partial charge in [0.05, 0.1) is 0 Å². The molecule has 0 fully saturated rings. The smallest absolute Gasteiger partial charge is 0.407 e. The molecule has 0 heterocycles. The third kappa shape index (κ3) is 4.21. The number of carbonyl (C=O) groups excluding carboxylic acids is 1. The lowest BCUT2D eigenvalue weighted by molar-refractivity contribution is 0.143. The van der Waals surface area contributed by atoms with Gasteiger partial charge in [-0.15, -0.1) is 0 Å². The average molecular weight is 399 g/mol. The maximum Gasteiger partial charge on any atom is 0.407 e. The predicted octanol–water partition coefficient (Wildman–Crippen LogP) is 5.41. The van der Waals surface area contributed by atoms with Crippen LogP contribution in [0.15, 0.2) is 66.7 Å². The van der Waals surface area contributed by atoms with Crippen molar-refractivity contribution in [1.82, 2.24) is 5.32 Å². The summed E-state index contributed by atoms with van der Waals surface area (Å²) >= 11 is 0. The van der Waals surface area contributed by atoms with E-state index < -0.39 is 6.09 Å². The van der Waals surface area contributed by atoms with E-state index in [4.69, 9.17) is 4.74 Å². The molecule has 4 heteroatoms. The average Bonchev–Trinajstić information content (AvgIpc) is 3.08. The second-order valence-electron chi connectivity index (χ2n) is 7.27. The van der Waals surface area contributed by atoms with Crippen molar-refractivity contribution >= 4 is 6.09 Å². The molecule has 3 aromatic rings. The Balaban J connectivity index is 1.29. The summed E-state index contributed by atoms with van der Waals surface area (Å²) in [6.45, 7) is 2.39. The van der Waals surface area contributed by atoms with Gasteiger partial charge in [-0.05, 0) is 52.9 Å². The maximum absolute atomic E-state index is 13.3. The van der Waals surface area contributed by atoms with E-state index in [1.54, 1.807) is 19.1 Å². The molecule has 0 aliphatic heterocycles. The molecule has 0 bridgehead atoms. The van der Waals surface area contributed by atoms with Gasteiger partial charge in [0, 0.05) is 24.4 Å². The third-order valence-electron chi connectivity index (χ3n) is 5.25. The molecule has 30 heavy (non-hydrogen) atoms. The summed E-state index contributed by atoms with van der Waals surface area (Å²) in [6, 6.07) is 21.2. The molecule has 0 saturated carbocycles. The lowest BCUT2D eigenvalue weighted by atomic mass is 9.98. The van der Waals surface area contributed by atoms with Gasteiger partial charge in [0.2, 0.25) is 0 Å². The van der Waals surface area contributed by atoms with Gasteiger partial charge in [-0.2, -0.15) is 0 Å². The van der Waals surface area contributed by atoms with E-state index in [0.717, 1.165) is 5.56 Å². The minimum atomic E-state index is -0.448. The van der Waals surface area contributed by atoms with Gasteiger partial charge in [0.15, 0.2) is 0 Å². The van der Waals surface area contributed by atoms with Crippen molar-refractivity contribution in [3.63, 3.8) is 0 Å². The molecule has 1 N–H and O–H groups in total. The van der Waals surface area contributed by atoms with Crippen molar-refractivity contribution < 1.29 is 13.9 Å². The van der Waals surface area contributed by atoms with Gasteiger partial charge >= 0.3 is 6.09 Å². The van der Waals surface area contributed by atoms with Gasteiger partial charge in [-0.1, -0.05) is 60.4 Å². The highest BCUT2D eigenvalue weighted by Crippen LogP contribution is 2.44. The number of hydrogen-bond acceptors (Lipinski definition) is 2. The van der Waals surface area contributed by atoms with E-state index in [2.05, 4.69) is 41.4 Å². The Morgan fingerprint density at radius 2 is 1.70 bits per heavy atom. The number of carbonyl (C=O) groups is 1. The molecule has 4 rings (SSSR count). The summed E-state index contributed by atoms with van der Waals surface area (Å²) in [5.41, 5.74) is 6.11. The summed E-state index contributed by atoms with van der Waals surface area (Å²) in [5, 5.41) is 2.74. The third-order valence-corrected chi connectivity index (χ3v) is 5.25. The number of nitrogens with one attached hydrogen (secondary N) is 1. The van der Waals surface area contributed by atoms with E-state index in [-0.39, 0.29) is 11.7 Å². The van der Waals surface area contributed by atoms with Crippen LogP contribution in [0.5, 0.6) is 0 Å². The summed E-state index contributed by atoms with van der Waals surface area (Å²) in [7, 11) is 0. The van der Waals surface area contributed by atoms with Crippen molar-refractivity contribution in [1.29, 1.82) is 0 Å². The summed E-state index contributed by atoms with van der Waals surface area (Å²) < 4.78 is 18.8. The molecule has 0 aromatic heterocycles. The van der Waals surface area contributed by atoms with Crippen LogP contribution in [0.25, 0.3) is 11.1 Å². The fraction of sp³-hybridized carbons (Fsp3) is 0.192. The number of fused-ring (bicyclic) bond motifs is 3. The lowest BCUT2D eigenvalue weighted by Gasteiger charge is -2.14. The monoisotopic (exact) mass is 399 g/mol. The maximum atomic E-state index is 13.3. The van der Waals surface area contributed by atoms with Crippen molar-refractivity contribution in [3.05, 3.63) is 94.8 Å². The highest BCUT2D eigenvalue weighted by molar-refractivity contribution is 5.79. The standard InChI is InChI=1S/C26H22FNO2/c1-18-16-19(13-14-25(18)27)8-6-7-15-28-26(29)30-17-24-22-11-4-2-9-20(22)21-10-3-5-12-23(21)24/h2-5,9-14,16,24H,7,15,17H2,1H3,(H,28,29). The number of rotatable bonds is 4. The van der Waals surface area contributed by atoms with E-state index in [9.17, 15) is 9.18 Å². The van der Waals surface area contributed by atoms with Crippen LogP contribution in [-0.4, -0.2) is 19.2 Å². The zero-order chi connectivity index (χ0) is 20.9. The molecule has 1 aliphatic carbocycles. The van der Waals surface area contributed by atoms with Crippen molar-refractivity contribution in [2.24, 2.45) is 0 Å². The van der Waals surface area contributed by atoms with Crippen LogP contribution in [0, 0.1) is 24.6 Å². The highest BCUT2D eigenvalue weighted by atomic mass is 19.1. The number of hydrogen-bond donors (Lipinski definition) is 1. The first-order valence-corrected chi connectivity index (χ1v) is 9.97. The van der Waals surface area contributed by atoms with E-state index in [1.807, 2.05) is 24.3 Å². The summed E-state index contributed by atoms with van der Waals surface area (Å²) in [6.07, 6.45) is 0.0388. The lowest BCUT2D eigenvalue weighted by Crippen LogP contribution is -2.26. The first-order valence-electron chi connectivity index (χ1n) is 9.97. The fourth-order valence-corrected chi connectivity index (χ4v) is 3.76. The quantitative estimate of drug-likeness (QED) is 0.470. The number of benzene rings is 3. The van der Waals surface area contributed by atoms with Gasteiger partial charge in [0.25, 0.3) is 0 Å². The molecule has 3 nitrogen and oxygen atoms in total. The molecular weight excluding hydrogens is 377 g/mol. The van der Waals surface area contributed by atoms with E-state index >= 15 is 0 Å². The Hall–Kier alpha value is -3.58. The van der Waals surface area contributed by atoms with Crippen LogP contribution in [0.1, 0.15) is 34.6 Å². The molecule has 0 atom stereocenters. The summed E-state index contributed by atoms with van der Waals surface area (Å²) in [4.78, 5) is 12.1. The topological polar surface area (TPSA) is 38.3 Å². The van der Waals surface area contributed by atoms with E-state index in [0.29, 0.717) is 25.1 Å². The summed E-state index contributed by atoms with van der Waals surface area (Å²) in [5.74, 6) is 5.77. The normalized spacial score (nSPS) is 11.8. The van der Waals surface area contributed by atoms with Gasteiger partial charge in [0.1, 0.15) is 12.4 Å². The Bertz CT molecular complexity index is 1100. The minimum absolute atomic E-state index is 0.0460. The van der Waals surface area contributed by atoms with Gasteiger partial charge in [-0.25, -0.2) is 9.18 Å². The number of halogens is 1. The Morgan fingerprint density at radius 3 is 2.37 bits per heavy atom. The van der Waals surface area contributed by atoms with Crippen LogP contribution in [0.2, 0.25) is 0 Å². The van der Waals surface area contributed by atoms with Gasteiger partial charge < -0.3 is 10.1 Å². The van der Waals surface area contributed by atoms with Crippen molar-refractivity contribution in [2.75, 3.05) is 13.2 Å². The van der Waals surface area contributed by atoms with Gasteiger partial charge in [-0.3, -0.25) is 0 Å². The number of aryl methyl sites for hydroxylation is 1. The van der Waals surface area contributed by atoms with Crippen LogP contribution in [-0.2, 0) is 4.74 Å². The largest absolute Gasteiger partial charge is 0.449 e. The molecule has 150 valence electrons. The second-order valence-corrected chi connectivity index (χ2v) is 7.27. The van der Waals surface area contributed by atoms with Crippen LogP contribution >= 0.6 is 0 Å².